The molecule has 6 heteroatoms. The second-order valence-electron chi connectivity index (χ2n) is 3.51. The van der Waals surface area contributed by atoms with Crippen LogP contribution in [-0.2, 0) is 6.18 Å². The molecule has 1 aromatic carbocycles. The van der Waals surface area contributed by atoms with Gasteiger partial charge >= 0.3 is 6.18 Å². The maximum absolute atomic E-state index is 12.8. The summed E-state index contributed by atoms with van der Waals surface area (Å²) in [6.07, 6.45) is -4.54. The normalized spacial score (nSPS) is 11.4. The van der Waals surface area contributed by atoms with E-state index < -0.39 is 17.6 Å². The quantitative estimate of drug-likeness (QED) is 0.818. The minimum Gasteiger partial charge on any atom is -0.342 e. The van der Waals surface area contributed by atoms with E-state index in [1.807, 2.05) is 0 Å². The molecule has 1 amide bonds. The molecular weight excluding hydrogens is 299 g/mol. The van der Waals surface area contributed by atoms with Crippen molar-refractivity contribution in [3.05, 3.63) is 33.8 Å². The van der Waals surface area contributed by atoms with E-state index in [9.17, 15) is 18.0 Å². The van der Waals surface area contributed by atoms with Crippen LogP contribution >= 0.6 is 15.9 Å². The van der Waals surface area contributed by atoms with Gasteiger partial charge in [-0.25, -0.2) is 0 Å². The lowest BCUT2D eigenvalue weighted by atomic mass is 10.1. The summed E-state index contributed by atoms with van der Waals surface area (Å²) in [7, 11) is 1.46. The Balaban J connectivity index is 3.29. The first-order chi connectivity index (χ1) is 7.77. The summed E-state index contributed by atoms with van der Waals surface area (Å²) in [4.78, 5) is 13.0. The van der Waals surface area contributed by atoms with Crippen molar-refractivity contribution in [2.75, 3.05) is 13.6 Å². The molecule has 0 atom stereocenters. The van der Waals surface area contributed by atoms with Gasteiger partial charge in [0, 0.05) is 18.1 Å². The highest BCUT2D eigenvalue weighted by Gasteiger charge is 2.35. The summed E-state index contributed by atoms with van der Waals surface area (Å²) in [5.74, 6) is -0.632. The van der Waals surface area contributed by atoms with Crippen LogP contribution in [0.3, 0.4) is 0 Å². The Labute approximate surface area is 106 Å². The number of nitrogens with zero attached hydrogens (tertiary/aromatic N) is 1. The largest absolute Gasteiger partial charge is 0.417 e. The van der Waals surface area contributed by atoms with Crippen LogP contribution in [0.25, 0.3) is 0 Å². The van der Waals surface area contributed by atoms with Crippen LogP contribution in [0, 0.1) is 0 Å². The van der Waals surface area contributed by atoms with Crippen molar-refractivity contribution in [1.29, 1.82) is 0 Å². The third-order valence-electron chi connectivity index (χ3n) is 2.34. The average molecular weight is 310 g/mol. The van der Waals surface area contributed by atoms with E-state index >= 15 is 0 Å². The molecule has 0 aliphatic carbocycles. The number of amides is 1. The first kappa shape index (κ1) is 14.0. The number of rotatable bonds is 2. The summed E-state index contributed by atoms with van der Waals surface area (Å²) < 4.78 is 38.6. The molecule has 94 valence electrons. The topological polar surface area (TPSA) is 20.3 Å². The van der Waals surface area contributed by atoms with E-state index in [4.69, 9.17) is 0 Å². The van der Waals surface area contributed by atoms with Crippen LogP contribution in [0.15, 0.2) is 22.7 Å². The van der Waals surface area contributed by atoms with E-state index in [-0.39, 0.29) is 5.56 Å². The van der Waals surface area contributed by atoms with Gasteiger partial charge in [0.05, 0.1) is 11.1 Å². The maximum Gasteiger partial charge on any atom is 0.417 e. The molecule has 0 aromatic heterocycles. The fraction of sp³-hybridized carbons (Fsp3) is 0.364. The van der Waals surface area contributed by atoms with Crippen LogP contribution in [0.1, 0.15) is 22.8 Å². The number of alkyl halides is 3. The summed E-state index contributed by atoms with van der Waals surface area (Å²) in [6, 6.07) is 3.52. The number of carbonyl (C=O) groups excluding carboxylic acids is 1. The molecule has 0 unspecified atom stereocenters. The number of carbonyl (C=O) groups is 1. The molecule has 0 saturated heterocycles. The third kappa shape index (κ3) is 3.21. The summed E-state index contributed by atoms with van der Waals surface area (Å²) in [5, 5.41) is 0. The lowest BCUT2D eigenvalue weighted by Crippen LogP contribution is -2.28. The fourth-order valence-electron chi connectivity index (χ4n) is 1.29. The molecular formula is C11H11BrF3NO. The van der Waals surface area contributed by atoms with E-state index in [1.54, 1.807) is 6.92 Å². The Hall–Kier alpha value is -1.04. The maximum atomic E-state index is 12.8. The van der Waals surface area contributed by atoms with Crippen LogP contribution in [0.2, 0.25) is 0 Å². The predicted octanol–water partition coefficient (Wildman–Crippen LogP) is 3.56. The van der Waals surface area contributed by atoms with Gasteiger partial charge in [0.25, 0.3) is 5.91 Å². The van der Waals surface area contributed by atoms with Crippen LogP contribution in [-0.4, -0.2) is 24.4 Å². The summed E-state index contributed by atoms with van der Waals surface area (Å²) >= 11 is 2.97. The van der Waals surface area contributed by atoms with Gasteiger partial charge in [0.2, 0.25) is 0 Å². The smallest absolute Gasteiger partial charge is 0.342 e. The van der Waals surface area contributed by atoms with Crippen molar-refractivity contribution in [3.8, 4) is 0 Å². The summed E-state index contributed by atoms with van der Waals surface area (Å²) in [6.45, 7) is 2.05. The number of halogens is 4. The minimum atomic E-state index is -4.54. The predicted molar refractivity (Wildman–Crippen MR) is 61.8 cm³/mol. The standard InChI is InChI=1S/C11H11BrF3NO/c1-3-16(2)10(17)8-5-4-7(12)6-9(8)11(13,14)15/h4-6H,3H2,1-2H3. The molecule has 0 bridgehead atoms. The fourth-order valence-corrected chi connectivity index (χ4v) is 1.65. The van der Waals surface area contributed by atoms with Gasteiger partial charge in [-0.1, -0.05) is 15.9 Å². The Morgan fingerprint density at radius 2 is 2.00 bits per heavy atom. The molecule has 1 aromatic rings. The van der Waals surface area contributed by atoms with E-state index in [2.05, 4.69) is 15.9 Å². The van der Waals surface area contributed by atoms with Crippen molar-refractivity contribution in [3.63, 3.8) is 0 Å². The highest BCUT2D eigenvalue weighted by atomic mass is 79.9. The van der Waals surface area contributed by atoms with Crippen LogP contribution in [0.4, 0.5) is 13.2 Å². The lowest BCUT2D eigenvalue weighted by Gasteiger charge is -2.18. The highest BCUT2D eigenvalue weighted by molar-refractivity contribution is 9.10. The van der Waals surface area contributed by atoms with Crippen molar-refractivity contribution in [2.24, 2.45) is 0 Å². The van der Waals surface area contributed by atoms with Crippen molar-refractivity contribution in [1.82, 2.24) is 4.90 Å². The number of benzene rings is 1. The number of hydrogen-bond acceptors (Lipinski definition) is 1. The van der Waals surface area contributed by atoms with E-state index in [1.165, 1.54) is 24.1 Å². The highest BCUT2D eigenvalue weighted by Crippen LogP contribution is 2.34. The zero-order valence-corrected chi connectivity index (χ0v) is 10.9. The zero-order valence-electron chi connectivity index (χ0n) is 9.31. The van der Waals surface area contributed by atoms with Gasteiger partial charge in [-0.3, -0.25) is 4.79 Å². The molecule has 0 spiro atoms. The molecule has 0 heterocycles. The lowest BCUT2D eigenvalue weighted by molar-refractivity contribution is -0.138. The van der Waals surface area contributed by atoms with Gasteiger partial charge < -0.3 is 4.90 Å². The Bertz CT molecular complexity index is 431. The molecule has 17 heavy (non-hydrogen) atoms. The van der Waals surface area contributed by atoms with Gasteiger partial charge in [0.1, 0.15) is 0 Å². The van der Waals surface area contributed by atoms with Crippen LogP contribution in [0.5, 0.6) is 0 Å². The monoisotopic (exact) mass is 309 g/mol. The SMILES string of the molecule is CCN(C)C(=O)c1ccc(Br)cc1C(F)(F)F. The molecule has 1 rings (SSSR count). The Morgan fingerprint density at radius 3 is 2.47 bits per heavy atom. The average Bonchev–Trinajstić information content (AvgIpc) is 2.25. The molecule has 0 fully saturated rings. The zero-order chi connectivity index (χ0) is 13.2. The van der Waals surface area contributed by atoms with Gasteiger partial charge in [-0.05, 0) is 25.1 Å². The minimum absolute atomic E-state index is 0.292. The van der Waals surface area contributed by atoms with Crippen LogP contribution < -0.4 is 0 Å². The molecule has 0 N–H and O–H groups in total. The molecule has 2 nitrogen and oxygen atoms in total. The van der Waals surface area contributed by atoms with Crippen molar-refractivity contribution >= 4 is 21.8 Å². The Kier molecular flexibility index (Phi) is 4.19. The van der Waals surface area contributed by atoms with Gasteiger partial charge in [-0.2, -0.15) is 13.2 Å². The van der Waals surface area contributed by atoms with Gasteiger partial charge in [0.15, 0.2) is 0 Å². The number of hydrogen-bond donors (Lipinski definition) is 0. The molecule has 0 aliphatic rings. The molecule has 0 saturated carbocycles. The Morgan fingerprint density at radius 1 is 1.41 bits per heavy atom. The first-order valence-electron chi connectivity index (χ1n) is 4.89. The third-order valence-corrected chi connectivity index (χ3v) is 2.83. The second-order valence-corrected chi connectivity index (χ2v) is 4.42. The van der Waals surface area contributed by atoms with E-state index in [0.717, 1.165) is 6.07 Å². The molecule has 0 radical (unpaired) electrons. The summed E-state index contributed by atoms with van der Waals surface area (Å²) in [5.41, 5.74) is -1.25. The second kappa shape index (κ2) is 5.08. The van der Waals surface area contributed by atoms with Crippen molar-refractivity contribution < 1.29 is 18.0 Å². The van der Waals surface area contributed by atoms with Crippen molar-refractivity contribution in [2.45, 2.75) is 13.1 Å². The van der Waals surface area contributed by atoms with Gasteiger partial charge in [-0.15, -0.1) is 0 Å². The van der Waals surface area contributed by atoms with E-state index in [0.29, 0.717) is 11.0 Å². The molecule has 0 aliphatic heterocycles. The first-order valence-corrected chi connectivity index (χ1v) is 5.69.